The van der Waals surface area contributed by atoms with E-state index in [0.29, 0.717) is 28.0 Å². The third-order valence-corrected chi connectivity index (χ3v) is 9.84. The first kappa shape index (κ1) is 39.7. The van der Waals surface area contributed by atoms with Crippen molar-refractivity contribution in [1.82, 2.24) is 24.5 Å². The lowest BCUT2D eigenvalue weighted by Crippen LogP contribution is -2.36. The van der Waals surface area contributed by atoms with Crippen LogP contribution in [0.4, 0.5) is 18.9 Å². The highest BCUT2D eigenvalue weighted by atomic mass is 32.2. The summed E-state index contributed by atoms with van der Waals surface area (Å²) < 4.78 is 76.5. The van der Waals surface area contributed by atoms with Gasteiger partial charge in [-0.3, -0.25) is 14.3 Å². The minimum Gasteiger partial charge on any atom is -0.744 e. The van der Waals surface area contributed by atoms with Gasteiger partial charge in [-0.15, -0.1) is 0 Å². The second kappa shape index (κ2) is 15.8. The fourth-order valence-electron chi connectivity index (χ4n) is 6.30. The van der Waals surface area contributed by atoms with E-state index in [2.05, 4.69) is 36.4 Å². The minimum absolute atomic E-state index is 0.0235. The van der Waals surface area contributed by atoms with Crippen LogP contribution in [-0.2, 0) is 29.8 Å². The van der Waals surface area contributed by atoms with Gasteiger partial charge in [-0.2, -0.15) is 18.3 Å². The van der Waals surface area contributed by atoms with E-state index in [1.54, 1.807) is 42.2 Å². The van der Waals surface area contributed by atoms with Crippen LogP contribution in [-0.4, -0.2) is 76.2 Å². The maximum absolute atomic E-state index is 14.0. The first-order chi connectivity index (χ1) is 25.4. The number of quaternary nitrogens is 1. The summed E-state index contributed by atoms with van der Waals surface area (Å²) in [4.78, 5) is 31.2. The Labute approximate surface area is 311 Å². The molecule has 5 aromatic rings. The molecule has 16 heteroatoms. The summed E-state index contributed by atoms with van der Waals surface area (Å²) in [6.45, 7) is 8.29. The van der Waals surface area contributed by atoms with E-state index in [-0.39, 0.29) is 27.9 Å². The zero-order valence-electron chi connectivity index (χ0n) is 30.2. The average Bonchev–Trinajstić information content (AvgIpc) is 3.86. The van der Waals surface area contributed by atoms with Gasteiger partial charge < -0.3 is 14.4 Å². The molecule has 0 atom stereocenters. The van der Waals surface area contributed by atoms with E-state index < -0.39 is 33.3 Å². The molecule has 6 rings (SSSR count). The van der Waals surface area contributed by atoms with Crippen LogP contribution in [0.25, 0.3) is 27.6 Å². The van der Waals surface area contributed by atoms with E-state index >= 15 is 0 Å². The van der Waals surface area contributed by atoms with Gasteiger partial charge in [-0.25, -0.2) is 22.6 Å². The molecule has 0 bridgehead atoms. The summed E-state index contributed by atoms with van der Waals surface area (Å²) in [6.07, 6.45) is 1.06. The Bertz CT molecular complexity index is 2350. The van der Waals surface area contributed by atoms with Crippen LogP contribution in [0, 0.1) is 6.57 Å². The number of nitrogens with zero attached hydrogens (tertiary/aromatic N) is 6. The second-order valence-corrected chi connectivity index (χ2v) is 15.3. The predicted molar refractivity (Wildman–Crippen MR) is 196 cm³/mol. The summed E-state index contributed by atoms with van der Waals surface area (Å²) in [5.74, 6) is -0.584. The normalized spacial score (nSPS) is 13.6. The van der Waals surface area contributed by atoms with E-state index in [1.165, 1.54) is 41.1 Å². The molecule has 1 N–H and O–H groups in total. The standard InChI is InChI=1S/C32H34F3N7O2.C6H6O3S/c1-36-24-13-14-26(21(19-24)16-18-42(3,4)5)40-27(15-17-37-40)29-28(30(43)38-23-10-6-7-11-23)31(44)41(39(29)2)25-12-8-9-22(20-25)32(33,34)35;7-10(8,9)6-4-2-1-3-5-6/h8-9,12-15,17,19-20,23H,6-7,10-11,16,18H2,2-5H3;1-5H,(H,7,8,9). The zero-order valence-corrected chi connectivity index (χ0v) is 31.0. The molecule has 0 radical (unpaired) electrons. The van der Waals surface area contributed by atoms with Crippen LogP contribution in [0.15, 0.2) is 94.7 Å². The molecule has 284 valence electrons. The topological polar surface area (TPSA) is 135 Å². The maximum Gasteiger partial charge on any atom is 0.416 e. The molecular formula is C38H40F3N7O5S. The molecule has 1 saturated carbocycles. The van der Waals surface area contributed by atoms with Crippen molar-refractivity contribution >= 4 is 21.7 Å². The monoisotopic (exact) mass is 763 g/mol. The summed E-state index contributed by atoms with van der Waals surface area (Å²) in [7, 11) is 3.50. The number of nitrogens with one attached hydrogen (secondary N) is 1. The van der Waals surface area contributed by atoms with Crippen molar-refractivity contribution in [1.29, 1.82) is 0 Å². The molecule has 2 aromatic heterocycles. The molecule has 1 aliphatic carbocycles. The number of carbonyl (C=O) groups is 1. The first-order valence-corrected chi connectivity index (χ1v) is 18.5. The van der Waals surface area contributed by atoms with Crippen molar-refractivity contribution in [3.05, 3.63) is 124 Å². The molecule has 3 aromatic carbocycles. The third kappa shape index (κ3) is 9.16. The van der Waals surface area contributed by atoms with Crippen molar-refractivity contribution in [3.8, 4) is 22.8 Å². The van der Waals surface area contributed by atoms with Crippen LogP contribution >= 0.6 is 0 Å². The Morgan fingerprint density at radius 2 is 1.70 bits per heavy atom. The molecule has 0 saturated heterocycles. The first-order valence-electron chi connectivity index (χ1n) is 17.1. The van der Waals surface area contributed by atoms with E-state index in [9.17, 15) is 35.7 Å². The highest BCUT2D eigenvalue weighted by Gasteiger charge is 2.33. The third-order valence-electron chi connectivity index (χ3n) is 8.99. The van der Waals surface area contributed by atoms with E-state index in [4.69, 9.17) is 6.57 Å². The minimum atomic E-state index is -4.62. The lowest BCUT2D eigenvalue weighted by atomic mass is 10.1. The van der Waals surface area contributed by atoms with Crippen LogP contribution in [0.3, 0.4) is 0 Å². The molecule has 1 fully saturated rings. The quantitative estimate of drug-likeness (QED) is 0.109. The Morgan fingerprint density at radius 3 is 2.30 bits per heavy atom. The number of hydrogen-bond donors (Lipinski definition) is 1. The van der Waals surface area contributed by atoms with Crippen LogP contribution in [0.1, 0.15) is 47.2 Å². The van der Waals surface area contributed by atoms with Gasteiger partial charge in [0, 0.05) is 19.5 Å². The average molecular weight is 764 g/mol. The van der Waals surface area contributed by atoms with Gasteiger partial charge >= 0.3 is 6.18 Å². The van der Waals surface area contributed by atoms with Gasteiger partial charge in [0.15, 0.2) is 5.69 Å². The lowest BCUT2D eigenvalue weighted by molar-refractivity contribution is -0.870. The van der Waals surface area contributed by atoms with Crippen molar-refractivity contribution in [2.24, 2.45) is 7.05 Å². The number of halogens is 3. The molecule has 1 amide bonds. The molecule has 54 heavy (non-hydrogen) atoms. The molecule has 0 spiro atoms. The molecular weight excluding hydrogens is 724 g/mol. The van der Waals surface area contributed by atoms with E-state index in [1.807, 2.05) is 6.07 Å². The van der Waals surface area contributed by atoms with Gasteiger partial charge in [0.25, 0.3) is 11.5 Å². The molecule has 12 nitrogen and oxygen atoms in total. The number of aromatic nitrogens is 4. The Morgan fingerprint density at radius 1 is 1.02 bits per heavy atom. The summed E-state index contributed by atoms with van der Waals surface area (Å²) >= 11 is 0. The Kier molecular flexibility index (Phi) is 11.7. The summed E-state index contributed by atoms with van der Waals surface area (Å²) in [6, 6.07) is 18.5. The smallest absolute Gasteiger partial charge is 0.416 e. The molecule has 1 aliphatic rings. The SMILES string of the molecule is O=S(=O)([O-])c1ccccc1.[C-]#[N+]c1ccc(-n2nccc2-c2c(C(=O)NC3CCCC3)c(=O)n(-c3cccc(C(F)(F)F)c3)n2C)c(CC[N+](C)(C)C)c1. The van der Waals surface area contributed by atoms with Gasteiger partial charge in [0.2, 0.25) is 0 Å². The lowest BCUT2D eigenvalue weighted by Gasteiger charge is -2.24. The number of carbonyl (C=O) groups excluding carboxylic acids is 1. The van der Waals surface area contributed by atoms with Crippen LogP contribution < -0.4 is 10.9 Å². The maximum atomic E-state index is 14.0. The highest BCUT2D eigenvalue weighted by molar-refractivity contribution is 7.85. The fourth-order valence-corrected chi connectivity index (χ4v) is 6.79. The number of hydrogen-bond acceptors (Lipinski definition) is 6. The molecule has 0 unspecified atom stereocenters. The molecule has 2 heterocycles. The predicted octanol–water partition coefficient (Wildman–Crippen LogP) is 6.11. The second-order valence-electron chi connectivity index (χ2n) is 14.0. The fraction of sp³-hybridized carbons (Fsp3) is 0.316. The number of amides is 1. The highest BCUT2D eigenvalue weighted by Crippen LogP contribution is 2.33. The van der Waals surface area contributed by atoms with Crippen molar-refractivity contribution < 1.29 is 35.4 Å². The van der Waals surface area contributed by atoms with E-state index in [0.717, 1.165) is 54.6 Å². The largest absolute Gasteiger partial charge is 0.744 e. The number of rotatable bonds is 9. The van der Waals surface area contributed by atoms with Gasteiger partial charge in [0.05, 0.1) is 68.0 Å². The number of benzene rings is 3. The molecule has 0 aliphatic heterocycles. The summed E-state index contributed by atoms with van der Waals surface area (Å²) in [5.41, 5.74) is 0.781. The van der Waals surface area contributed by atoms with Crippen molar-refractivity contribution in [3.63, 3.8) is 0 Å². The zero-order chi connectivity index (χ0) is 39.4. The van der Waals surface area contributed by atoms with Gasteiger partial charge in [-0.05, 0) is 60.9 Å². The van der Waals surface area contributed by atoms with Gasteiger partial charge in [0.1, 0.15) is 21.4 Å². The Balaban J connectivity index is 0.000000486. The van der Waals surface area contributed by atoms with Crippen molar-refractivity contribution in [2.45, 2.75) is 49.2 Å². The van der Waals surface area contributed by atoms with Crippen molar-refractivity contribution in [2.75, 3.05) is 27.7 Å². The summed E-state index contributed by atoms with van der Waals surface area (Å²) in [5, 5.41) is 7.53. The van der Waals surface area contributed by atoms with Gasteiger partial charge in [-0.1, -0.05) is 49.2 Å². The van der Waals surface area contributed by atoms with Crippen LogP contribution in [0.5, 0.6) is 0 Å². The number of alkyl halides is 3. The Hall–Kier alpha value is -5.50. The number of likely N-dealkylation sites (N-methyl/N-ethyl adjacent to an activating group) is 1. The van der Waals surface area contributed by atoms with Crippen LogP contribution in [0.2, 0.25) is 0 Å².